The third-order valence-corrected chi connectivity index (χ3v) is 2.21. The standard InChI is InChI=1S/C8H11BrN2/c1-11-5-6-4-7(10)2-3-8(6)9/h2-4,11H,5,10H2,1H3. The minimum Gasteiger partial charge on any atom is -0.399 e. The fourth-order valence-corrected chi connectivity index (χ4v) is 1.31. The molecule has 1 aromatic rings. The molecule has 0 spiro atoms. The molecule has 3 N–H and O–H groups in total. The van der Waals surface area contributed by atoms with Gasteiger partial charge in [-0.2, -0.15) is 0 Å². The van der Waals surface area contributed by atoms with Crippen molar-refractivity contribution in [1.29, 1.82) is 0 Å². The van der Waals surface area contributed by atoms with Crippen molar-refractivity contribution in [2.45, 2.75) is 6.54 Å². The smallest absolute Gasteiger partial charge is 0.0318 e. The Kier molecular flexibility index (Phi) is 2.91. The van der Waals surface area contributed by atoms with E-state index in [9.17, 15) is 0 Å². The molecule has 0 unspecified atom stereocenters. The Morgan fingerprint density at radius 1 is 1.55 bits per heavy atom. The SMILES string of the molecule is CNCc1cc(N)ccc1Br. The number of rotatable bonds is 2. The maximum Gasteiger partial charge on any atom is 0.0318 e. The van der Waals surface area contributed by atoms with Crippen LogP contribution in [0, 0.1) is 0 Å². The van der Waals surface area contributed by atoms with Gasteiger partial charge in [0.15, 0.2) is 0 Å². The van der Waals surface area contributed by atoms with Crippen LogP contribution in [0.3, 0.4) is 0 Å². The van der Waals surface area contributed by atoms with E-state index in [1.807, 2.05) is 25.2 Å². The summed E-state index contributed by atoms with van der Waals surface area (Å²) in [5.74, 6) is 0. The lowest BCUT2D eigenvalue weighted by Gasteiger charge is -2.03. The molecule has 0 heterocycles. The molecule has 2 nitrogen and oxygen atoms in total. The lowest BCUT2D eigenvalue weighted by atomic mass is 10.2. The molecule has 0 aromatic heterocycles. The summed E-state index contributed by atoms with van der Waals surface area (Å²) in [5.41, 5.74) is 7.60. The summed E-state index contributed by atoms with van der Waals surface area (Å²) in [6.07, 6.45) is 0. The van der Waals surface area contributed by atoms with Gasteiger partial charge in [0.1, 0.15) is 0 Å². The third kappa shape index (κ3) is 2.20. The van der Waals surface area contributed by atoms with Crippen LogP contribution in [-0.4, -0.2) is 7.05 Å². The van der Waals surface area contributed by atoms with Crippen molar-refractivity contribution in [2.24, 2.45) is 0 Å². The molecule has 0 atom stereocenters. The molecule has 3 heteroatoms. The Morgan fingerprint density at radius 3 is 2.91 bits per heavy atom. The molecule has 0 amide bonds. The molecule has 60 valence electrons. The second-order valence-corrected chi connectivity index (χ2v) is 3.24. The monoisotopic (exact) mass is 214 g/mol. The van der Waals surface area contributed by atoms with Gasteiger partial charge in [-0.25, -0.2) is 0 Å². The van der Waals surface area contributed by atoms with Crippen LogP contribution in [0.4, 0.5) is 5.69 Å². The van der Waals surface area contributed by atoms with Crippen molar-refractivity contribution in [1.82, 2.24) is 5.32 Å². The molecule has 0 bridgehead atoms. The Labute approximate surface area is 74.9 Å². The van der Waals surface area contributed by atoms with E-state index in [1.54, 1.807) is 0 Å². The highest BCUT2D eigenvalue weighted by molar-refractivity contribution is 9.10. The normalized spacial score (nSPS) is 10.0. The highest BCUT2D eigenvalue weighted by Gasteiger charge is 1.97. The van der Waals surface area contributed by atoms with Gasteiger partial charge in [-0.1, -0.05) is 15.9 Å². The molecule has 0 radical (unpaired) electrons. The topological polar surface area (TPSA) is 38.0 Å². The molecule has 0 aliphatic heterocycles. The van der Waals surface area contributed by atoms with Crippen molar-refractivity contribution >= 4 is 21.6 Å². The second kappa shape index (κ2) is 3.74. The van der Waals surface area contributed by atoms with Gasteiger partial charge >= 0.3 is 0 Å². The van der Waals surface area contributed by atoms with E-state index >= 15 is 0 Å². The van der Waals surface area contributed by atoms with Crippen molar-refractivity contribution < 1.29 is 0 Å². The summed E-state index contributed by atoms with van der Waals surface area (Å²) in [6, 6.07) is 5.80. The number of nitrogens with two attached hydrogens (primary N) is 1. The van der Waals surface area contributed by atoms with Gasteiger partial charge in [0, 0.05) is 16.7 Å². The summed E-state index contributed by atoms with van der Waals surface area (Å²) in [7, 11) is 1.91. The Morgan fingerprint density at radius 2 is 2.27 bits per heavy atom. The molecule has 0 fully saturated rings. The number of hydrogen-bond acceptors (Lipinski definition) is 2. The van der Waals surface area contributed by atoms with Gasteiger partial charge < -0.3 is 11.1 Å². The average molecular weight is 215 g/mol. The lowest BCUT2D eigenvalue weighted by Crippen LogP contribution is -2.05. The zero-order chi connectivity index (χ0) is 8.27. The van der Waals surface area contributed by atoms with Crippen LogP contribution in [0.25, 0.3) is 0 Å². The molecule has 0 saturated heterocycles. The van der Waals surface area contributed by atoms with Crippen molar-refractivity contribution in [3.05, 3.63) is 28.2 Å². The summed E-state index contributed by atoms with van der Waals surface area (Å²) in [5, 5.41) is 3.07. The minimum absolute atomic E-state index is 0.804. The Bertz CT molecular complexity index is 248. The molecular weight excluding hydrogens is 204 g/mol. The number of benzene rings is 1. The van der Waals surface area contributed by atoms with E-state index in [1.165, 1.54) is 5.56 Å². The zero-order valence-corrected chi connectivity index (χ0v) is 7.98. The van der Waals surface area contributed by atoms with Crippen molar-refractivity contribution in [3.8, 4) is 0 Å². The number of nitrogen functional groups attached to an aromatic ring is 1. The minimum atomic E-state index is 0.804. The van der Waals surface area contributed by atoms with Crippen molar-refractivity contribution in [3.63, 3.8) is 0 Å². The molecule has 0 saturated carbocycles. The van der Waals surface area contributed by atoms with Gasteiger partial charge in [-0.3, -0.25) is 0 Å². The number of anilines is 1. The summed E-state index contributed by atoms with van der Waals surface area (Å²) in [4.78, 5) is 0. The van der Waals surface area contributed by atoms with Crippen LogP contribution in [0.1, 0.15) is 5.56 Å². The third-order valence-electron chi connectivity index (χ3n) is 1.44. The van der Waals surface area contributed by atoms with E-state index in [-0.39, 0.29) is 0 Å². The summed E-state index contributed by atoms with van der Waals surface area (Å²) < 4.78 is 1.10. The van der Waals surface area contributed by atoms with Crippen LogP contribution in [0.15, 0.2) is 22.7 Å². The van der Waals surface area contributed by atoms with E-state index < -0.39 is 0 Å². The van der Waals surface area contributed by atoms with E-state index in [4.69, 9.17) is 5.73 Å². The number of nitrogens with one attached hydrogen (secondary N) is 1. The van der Waals surface area contributed by atoms with Crippen molar-refractivity contribution in [2.75, 3.05) is 12.8 Å². The summed E-state index contributed by atoms with van der Waals surface area (Å²) >= 11 is 3.44. The van der Waals surface area contributed by atoms with Crippen LogP contribution in [0.2, 0.25) is 0 Å². The van der Waals surface area contributed by atoms with Gasteiger partial charge in [0.2, 0.25) is 0 Å². The molecule has 1 rings (SSSR count). The highest BCUT2D eigenvalue weighted by Crippen LogP contribution is 2.18. The van der Waals surface area contributed by atoms with Crippen LogP contribution >= 0.6 is 15.9 Å². The fraction of sp³-hybridized carbons (Fsp3) is 0.250. The van der Waals surface area contributed by atoms with E-state index in [0.29, 0.717) is 0 Å². The van der Waals surface area contributed by atoms with Crippen LogP contribution in [-0.2, 0) is 6.54 Å². The Balaban J connectivity index is 2.93. The zero-order valence-electron chi connectivity index (χ0n) is 6.39. The first-order chi connectivity index (χ1) is 5.24. The lowest BCUT2D eigenvalue weighted by molar-refractivity contribution is 0.815. The molecule has 0 aliphatic carbocycles. The Hall–Kier alpha value is -0.540. The van der Waals surface area contributed by atoms with E-state index in [0.717, 1.165) is 16.7 Å². The average Bonchev–Trinajstić information content (AvgIpc) is 1.98. The van der Waals surface area contributed by atoms with Crippen LogP contribution in [0.5, 0.6) is 0 Å². The fourth-order valence-electron chi connectivity index (χ4n) is 0.921. The number of hydrogen-bond donors (Lipinski definition) is 2. The maximum atomic E-state index is 5.61. The summed E-state index contributed by atoms with van der Waals surface area (Å²) in [6.45, 7) is 0.839. The second-order valence-electron chi connectivity index (χ2n) is 2.38. The first-order valence-electron chi connectivity index (χ1n) is 3.42. The maximum absolute atomic E-state index is 5.61. The highest BCUT2D eigenvalue weighted by atomic mass is 79.9. The van der Waals surface area contributed by atoms with Crippen LogP contribution < -0.4 is 11.1 Å². The van der Waals surface area contributed by atoms with Gasteiger partial charge in [-0.05, 0) is 30.8 Å². The predicted octanol–water partition coefficient (Wildman–Crippen LogP) is 1.75. The molecular formula is C8H11BrN2. The molecule has 11 heavy (non-hydrogen) atoms. The van der Waals surface area contributed by atoms with Gasteiger partial charge in [-0.15, -0.1) is 0 Å². The first-order valence-corrected chi connectivity index (χ1v) is 4.22. The van der Waals surface area contributed by atoms with Gasteiger partial charge in [0.25, 0.3) is 0 Å². The predicted molar refractivity (Wildman–Crippen MR) is 51.3 cm³/mol. The first kappa shape index (κ1) is 8.56. The number of halogens is 1. The van der Waals surface area contributed by atoms with Gasteiger partial charge in [0.05, 0.1) is 0 Å². The molecule has 0 aliphatic rings. The largest absolute Gasteiger partial charge is 0.399 e. The quantitative estimate of drug-likeness (QED) is 0.737. The molecule has 1 aromatic carbocycles. The van der Waals surface area contributed by atoms with E-state index in [2.05, 4.69) is 21.2 Å².